The molecule has 0 aromatic rings. The number of ether oxygens (including phenoxy) is 1. The van der Waals surface area contributed by atoms with E-state index in [4.69, 9.17) is 4.74 Å². The maximum Gasteiger partial charge on any atom is 0.308 e. The lowest BCUT2D eigenvalue weighted by atomic mass is 9.71. The van der Waals surface area contributed by atoms with Crippen molar-refractivity contribution in [1.82, 2.24) is 0 Å². The Kier molecular flexibility index (Phi) is 5.14. The summed E-state index contributed by atoms with van der Waals surface area (Å²) >= 11 is 0. The molecule has 0 amide bonds. The van der Waals surface area contributed by atoms with Gasteiger partial charge < -0.3 is 4.74 Å². The quantitative estimate of drug-likeness (QED) is 0.710. The fraction of sp³-hybridized carbons (Fsp3) is 0.944. The summed E-state index contributed by atoms with van der Waals surface area (Å²) in [5, 5.41) is 0. The van der Waals surface area contributed by atoms with Gasteiger partial charge in [-0.25, -0.2) is 0 Å². The second-order valence-electron chi connectivity index (χ2n) is 6.94. The van der Waals surface area contributed by atoms with Gasteiger partial charge in [0.05, 0.1) is 13.0 Å². The van der Waals surface area contributed by atoms with Gasteiger partial charge in [0.25, 0.3) is 0 Å². The Labute approximate surface area is 124 Å². The van der Waals surface area contributed by atoms with Crippen LogP contribution < -0.4 is 0 Å². The van der Waals surface area contributed by atoms with Crippen molar-refractivity contribution < 1.29 is 9.53 Å². The van der Waals surface area contributed by atoms with Crippen molar-refractivity contribution in [1.29, 1.82) is 0 Å². The van der Waals surface area contributed by atoms with Gasteiger partial charge in [0, 0.05) is 0 Å². The fourth-order valence-electron chi connectivity index (χ4n) is 5.85. The molecule has 20 heavy (non-hydrogen) atoms. The third-order valence-corrected chi connectivity index (χ3v) is 6.17. The third kappa shape index (κ3) is 2.40. The van der Waals surface area contributed by atoms with Crippen LogP contribution in [0.5, 0.6) is 0 Å². The van der Waals surface area contributed by atoms with Crippen LogP contribution in [0.4, 0.5) is 0 Å². The van der Waals surface area contributed by atoms with E-state index < -0.39 is 0 Å². The molecule has 0 aromatic carbocycles. The minimum atomic E-state index is 0.0655. The Morgan fingerprint density at radius 3 is 2.45 bits per heavy atom. The lowest BCUT2D eigenvalue weighted by Crippen LogP contribution is -2.34. The number of hydrogen-bond donors (Lipinski definition) is 0. The molecule has 2 bridgehead atoms. The van der Waals surface area contributed by atoms with Crippen LogP contribution in [-0.4, -0.2) is 13.1 Å². The van der Waals surface area contributed by atoms with Crippen molar-refractivity contribution in [2.24, 2.45) is 41.4 Å². The Bertz CT molecular complexity index is 338. The molecule has 0 aromatic heterocycles. The first-order valence-corrected chi connectivity index (χ1v) is 8.75. The SMILES string of the molecule is CC.CCCC1CC(C)C2C3CC(C(=O)OC)C(C3)C12. The van der Waals surface area contributed by atoms with Gasteiger partial charge in [0.15, 0.2) is 0 Å². The molecule has 0 heterocycles. The maximum absolute atomic E-state index is 11.9. The van der Waals surface area contributed by atoms with Crippen molar-refractivity contribution in [3.05, 3.63) is 0 Å². The minimum absolute atomic E-state index is 0.0655. The average molecular weight is 280 g/mol. The van der Waals surface area contributed by atoms with Crippen LogP contribution in [0.2, 0.25) is 0 Å². The number of methoxy groups -OCH3 is 1. The van der Waals surface area contributed by atoms with E-state index in [1.54, 1.807) is 7.11 Å². The van der Waals surface area contributed by atoms with Crippen molar-refractivity contribution in [2.75, 3.05) is 7.11 Å². The lowest BCUT2D eigenvalue weighted by molar-refractivity contribution is -0.148. The average Bonchev–Trinajstić information content (AvgIpc) is 3.13. The smallest absolute Gasteiger partial charge is 0.308 e. The highest BCUT2D eigenvalue weighted by atomic mass is 16.5. The molecule has 3 fully saturated rings. The normalized spacial score (nSPS) is 44.8. The van der Waals surface area contributed by atoms with Gasteiger partial charge in [-0.3, -0.25) is 4.79 Å². The number of carbonyl (C=O) groups excluding carboxylic acids is 1. The predicted molar refractivity (Wildman–Crippen MR) is 82.2 cm³/mol. The van der Waals surface area contributed by atoms with E-state index >= 15 is 0 Å². The van der Waals surface area contributed by atoms with Gasteiger partial charge in [-0.15, -0.1) is 0 Å². The molecule has 116 valence electrons. The zero-order chi connectivity index (χ0) is 14.9. The van der Waals surface area contributed by atoms with Gasteiger partial charge in [0.2, 0.25) is 0 Å². The Morgan fingerprint density at radius 1 is 1.15 bits per heavy atom. The second-order valence-corrected chi connectivity index (χ2v) is 6.94. The molecular weight excluding hydrogens is 248 g/mol. The highest BCUT2D eigenvalue weighted by molar-refractivity contribution is 5.73. The van der Waals surface area contributed by atoms with Crippen molar-refractivity contribution in [3.63, 3.8) is 0 Å². The summed E-state index contributed by atoms with van der Waals surface area (Å²) in [7, 11) is 1.55. The summed E-state index contributed by atoms with van der Waals surface area (Å²) in [6.45, 7) is 8.74. The predicted octanol–water partition coefficient (Wildman–Crippen LogP) is 4.53. The number of esters is 1. The van der Waals surface area contributed by atoms with E-state index in [-0.39, 0.29) is 11.9 Å². The lowest BCUT2D eigenvalue weighted by Gasteiger charge is -2.34. The summed E-state index contributed by atoms with van der Waals surface area (Å²) in [6.07, 6.45) is 6.48. The van der Waals surface area contributed by atoms with Crippen LogP contribution in [0.3, 0.4) is 0 Å². The van der Waals surface area contributed by atoms with Crippen molar-refractivity contribution >= 4 is 5.97 Å². The highest BCUT2D eigenvalue weighted by Crippen LogP contribution is 2.65. The van der Waals surface area contributed by atoms with Gasteiger partial charge in [0.1, 0.15) is 0 Å². The molecule has 2 nitrogen and oxygen atoms in total. The largest absolute Gasteiger partial charge is 0.469 e. The molecule has 7 atom stereocenters. The first-order valence-electron chi connectivity index (χ1n) is 8.75. The topological polar surface area (TPSA) is 26.3 Å². The summed E-state index contributed by atoms with van der Waals surface area (Å²) in [5.41, 5.74) is 0. The summed E-state index contributed by atoms with van der Waals surface area (Å²) in [5.74, 6) is 5.30. The van der Waals surface area contributed by atoms with Gasteiger partial charge in [-0.1, -0.05) is 40.5 Å². The van der Waals surface area contributed by atoms with Crippen molar-refractivity contribution in [3.8, 4) is 0 Å². The number of hydrogen-bond acceptors (Lipinski definition) is 2. The molecule has 0 saturated heterocycles. The summed E-state index contributed by atoms with van der Waals surface area (Å²) in [6, 6.07) is 0. The zero-order valence-corrected chi connectivity index (χ0v) is 13.9. The van der Waals surface area contributed by atoms with E-state index in [0.29, 0.717) is 5.92 Å². The number of rotatable bonds is 3. The Hall–Kier alpha value is -0.530. The molecule has 0 radical (unpaired) electrons. The minimum Gasteiger partial charge on any atom is -0.469 e. The summed E-state index contributed by atoms with van der Waals surface area (Å²) in [4.78, 5) is 11.9. The van der Waals surface area contributed by atoms with Crippen LogP contribution >= 0.6 is 0 Å². The van der Waals surface area contributed by atoms with E-state index in [1.807, 2.05) is 13.8 Å². The van der Waals surface area contributed by atoms with Crippen LogP contribution in [0.1, 0.15) is 59.8 Å². The number of fused-ring (bicyclic) bond motifs is 5. The standard InChI is InChI=1S/C16H26O2.C2H6/c1-4-5-10-6-9(2)14-11-7-12(15(10)14)13(8-11)16(17)18-3;1-2/h9-15H,4-8H2,1-3H3;1-2H3. The van der Waals surface area contributed by atoms with Crippen molar-refractivity contribution in [2.45, 2.75) is 59.8 Å². The molecule has 0 N–H and O–H groups in total. The fourth-order valence-corrected chi connectivity index (χ4v) is 5.85. The van der Waals surface area contributed by atoms with Gasteiger partial charge >= 0.3 is 5.97 Å². The first kappa shape index (κ1) is 15.9. The number of carbonyl (C=O) groups is 1. The molecule has 0 aliphatic heterocycles. The van der Waals surface area contributed by atoms with Gasteiger partial charge in [-0.05, 0) is 54.8 Å². The van der Waals surface area contributed by atoms with E-state index in [9.17, 15) is 4.79 Å². The van der Waals surface area contributed by atoms with Crippen LogP contribution in [0.15, 0.2) is 0 Å². The maximum atomic E-state index is 11.9. The molecule has 7 unspecified atom stereocenters. The molecule has 3 aliphatic rings. The molecule has 3 aliphatic carbocycles. The Balaban J connectivity index is 0.000000704. The molecule has 3 rings (SSSR count). The van der Waals surface area contributed by atoms with Gasteiger partial charge in [-0.2, -0.15) is 0 Å². The zero-order valence-electron chi connectivity index (χ0n) is 13.9. The first-order chi connectivity index (χ1) is 9.67. The van der Waals surface area contributed by atoms with Crippen LogP contribution in [0, 0.1) is 41.4 Å². The van der Waals surface area contributed by atoms with E-state index in [2.05, 4.69) is 13.8 Å². The molecule has 2 heteroatoms. The Morgan fingerprint density at radius 2 is 1.85 bits per heavy atom. The monoisotopic (exact) mass is 280 g/mol. The molecule has 3 saturated carbocycles. The summed E-state index contributed by atoms with van der Waals surface area (Å²) < 4.78 is 5.02. The van der Waals surface area contributed by atoms with Crippen LogP contribution in [-0.2, 0) is 9.53 Å². The van der Waals surface area contributed by atoms with E-state index in [0.717, 1.165) is 36.0 Å². The van der Waals surface area contributed by atoms with Crippen LogP contribution in [0.25, 0.3) is 0 Å². The second kappa shape index (κ2) is 6.49. The molecule has 0 spiro atoms. The molecular formula is C18H32O2. The highest BCUT2D eigenvalue weighted by Gasteiger charge is 2.60. The van der Waals surface area contributed by atoms with E-state index in [1.165, 1.54) is 25.7 Å². The third-order valence-electron chi connectivity index (χ3n) is 6.17.